The van der Waals surface area contributed by atoms with Gasteiger partial charge in [-0.15, -0.1) is 0 Å². The van der Waals surface area contributed by atoms with Gasteiger partial charge in [-0.2, -0.15) is 0 Å². The zero-order valence-corrected chi connectivity index (χ0v) is 12.1. The first kappa shape index (κ1) is 15.9. The third-order valence-electron chi connectivity index (χ3n) is 2.91. The van der Waals surface area contributed by atoms with Crippen molar-refractivity contribution in [3.8, 4) is 5.75 Å². The van der Waals surface area contributed by atoms with Gasteiger partial charge in [-0.25, -0.2) is 4.39 Å². The summed E-state index contributed by atoms with van der Waals surface area (Å²) in [7, 11) is 0. The average Bonchev–Trinajstić information content (AvgIpc) is 2.45. The molecule has 1 heterocycles. The van der Waals surface area contributed by atoms with Crippen LogP contribution in [0.3, 0.4) is 0 Å². The van der Waals surface area contributed by atoms with Crippen molar-refractivity contribution in [2.45, 2.75) is 20.8 Å². The van der Waals surface area contributed by atoms with E-state index in [1.807, 2.05) is 20.8 Å². The molecular weight excluding hydrogens is 245 g/mol. The summed E-state index contributed by atoms with van der Waals surface area (Å²) in [6, 6.07) is 4.60. The number of nitrogens with zero attached hydrogens (tertiary/aromatic N) is 1. The number of hydrogen-bond donors (Lipinski definition) is 0. The highest BCUT2D eigenvalue weighted by atomic mass is 19.1. The minimum absolute atomic E-state index is 0.219. The summed E-state index contributed by atoms with van der Waals surface area (Å²) in [6.07, 6.45) is 0. The van der Waals surface area contributed by atoms with Gasteiger partial charge in [0.15, 0.2) is 0 Å². The van der Waals surface area contributed by atoms with Crippen LogP contribution in [0.2, 0.25) is 0 Å². The fourth-order valence-electron chi connectivity index (χ4n) is 1.88. The second kappa shape index (κ2) is 8.88. The fourth-order valence-corrected chi connectivity index (χ4v) is 1.88. The SMILES string of the molecule is CC.Cc1cc(F)ccc1OCCN1CCOCC1. The molecule has 1 aromatic carbocycles. The Labute approximate surface area is 115 Å². The molecule has 1 saturated heterocycles. The van der Waals surface area contributed by atoms with Gasteiger partial charge in [0, 0.05) is 19.6 Å². The number of rotatable bonds is 4. The van der Waals surface area contributed by atoms with Crippen LogP contribution in [-0.4, -0.2) is 44.4 Å². The average molecular weight is 269 g/mol. The Morgan fingerprint density at radius 3 is 2.58 bits per heavy atom. The maximum Gasteiger partial charge on any atom is 0.123 e. The lowest BCUT2D eigenvalue weighted by molar-refractivity contribution is 0.0322. The van der Waals surface area contributed by atoms with Crippen LogP contribution in [0, 0.1) is 12.7 Å². The summed E-state index contributed by atoms with van der Waals surface area (Å²) in [5, 5.41) is 0. The molecule has 0 aliphatic carbocycles. The van der Waals surface area contributed by atoms with E-state index in [1.165, 1.54) is 12.1 Å². The van der Waals surface area contributed by atoms with Crippen LogP contribution < -0.4 is 4.74 Å². The van der Waals surface area contributed by atoms with E-state index in [0.29, 0.717) is 6.61 Å². The molecule has 2 rings (SSSR count). The van der Waals surface area contributed by atoms with E-state index >= 15 is 0 Å². The summed E-state index contributed by atoms with van der Waals surface area (Å²) in [5.41, 5.74) is 0.840. The van der Waals surface area contributed by atoms with Gasteiger partial charge in [-0.1, -0.05) is 13.8 Å². The standard InChI is InChI=1S/C13H18FNO2.C2H6/c1-11-10-12(14)2-3-13(11)17-9-6-15-4-7-16-8-5-15;1-2/h2-3,10H,4-9H2,1H3;1-2H3. The van der Waals surface area contributed by atoms with E-state index in [0.717, 1.165) is 44.2 Å². The lowest BCUT2D eigenvalue weighted by Gasteiger charge is -2.26. The Bertz CT molecular complexity index is 365. The Balaban J connectivity index is 0.000000861. The molecule has 0 unspecified atom stereocenters. The number of morpholine rings is 1. The smallest absolute Gasteiger partial charge is 0.123 e. The molecule has 19 heavy (non-hydrogen) atoms. The summed E-state index contributed by atoms with van der Waals surface area (Å²) in [5.74, 6) is 0.544. The number of benzene rings is 1. The minimum Gasteiger partial charge on any atom is -0.492 e. The van der Waals surface area contributed by atoms with Gasteiger partial charge in [-0.05, 0) is 30.7 Å². The Hall–Kier alpha value is -1.13. The Morgan fingerprint density at radius 1 is 1.26 bits per heavy atom. The maximum atomic E-state index is 12.9. The van der Waals surface area contributed by atoms with Crippen molar-refractivity contribution in [3.05, 3.63) is 29.6 Å². The number of hydrogen-bond acceptors (Lipinski definition) is 3. The summed E-state index contributed by atoms with van der Waals surface area (Å²) >= 11 is 0. The van der Waals surface area contributed by atoms with E-state index in [9.17, 15) is 4.39 Å². The van der Waals surface area contributed by atoms with Crippen LogP contribution >= 0.6 is 0 Å². The van der Waals surface area contributed by atoms with Gasteiger partial charge in [-0.3, -0.25) is 4.90 Å². The van der Waals surface area contributed by atoms with Crippen LogP contribution in [0.25, 0.3) is 0 Å². The summed E-state index contributed by atoms with van der Waals surface area (Å²) in [4.78, 5) is 2.31. The van der Waals surface area contributed by atoms with Gasteiger partial charge >= 0.3 is 0 Å². The largest absolute Gasteiger partial charge is 0.492 e. The molecule has 0 atom stereocenters. The van der Waals surface area contributed by atoms with Gasteiger partial charge in [0.05, 0.1) is 13.2 Å². The predicted octanol–water partition coefficient (Wildman–Crippen LogP) is 2.87. The Kier molecular flexibility index (Phi) is 7.45. The van der Waals surface area contributed by atoms with Gasteiger partial charge < -0.3 is 9.47 Å². The lowest BCUT2D eigenvalue weighted by Crippen LogP contribution is -2.38. The van der Waals surface area contributed by atoms with Crippen molar-refractivity contribution in [2.24, 2.45) is 0 Å². The predicted molar refractivity (Wildman–Crippen MR) is 75.2 cm³/mol. The number of ether oxygens (including phenoxy) is 2. The molecule has 108 valence electrons. The van der Waals surface area contributed by atoms with Crippen molar-refractivity contribution < 1.29 is 13.9 Å². The maximum absolute atomic E-state index is 12.9. The van der Waals surface area contributed by atoms with Gasteiger partial charge in [0.2, 0.25) is 0 Å². The minimum atomic E-state index is -0.219. The van der Waals surface area contributed by atoms with E-state index in [2.05, 4.69) is 4.90 Å². The number of halogens is 1. The highest BCUT2D eigenvalue weighted by Crippen LogP contribution is 2.18. The Morgan fingerprint density at radius 2 is 1.95 bits per heavy atom. The number of aryl methyl sites for hydroxylation is 1. The van der Waals surface area contributed by atoms with Crippen LogP contribution in [0.4, 0.5) is 4.39 Å². The first-order valence-corrected chi connectivity index (χ1v) is 6.95. The summed E-state index contributed by atoms with van der Waals surface area (Å²) < 4.78 is 23.8. The molecule has 0 bridgehead atoms. The quantitative estimate of drug-likeness (QED) is 0.839. The topological polar surface area (TPSA) is 21.7 Å². The molecule has 1 fully saturated rings. The van der Waals surface area contributed by atoms with Crippen molar-refractivity contribution in [1.29, 1.82) is 0 Å². The highest BCUT2D eigenvalue weighted by Gasteiger charge is 2.10. The highest BCUT2D eigenvalue weighted by molar-refractivity contribution is 5.32. The second-order valence-electron chi connectivity index (χ2n) is 4.21. The fraction of sp³-hybridized carbons (Fsp3) is 0.600. The summed E-state index contributed by atoms with van der Waals surface area (Å²) in [6.45, 7) is 10.9. The van der Waals surface area contributed by atoms with Gasteiger partial charge in [0.25, 0.3) is 0 Å². The third-order valence-corrected chi connectivity index (χ3v) is 2.91. The second-order valence-corrected chi connectivity index (χ2v) is 4.21. The first-order valence-electron chi connectivity index (χ1n) is 6.95. The van der Waals surface area contributed by atoms with Crippen molar-refractivity contribution in [2.75, 3.05) is 39.5 Å². The molecule has 4 heteroatoms. The zero-order valence-electron chi connectivity index (χ0n) is 12.1. The van der Waals surface area contributed by atoms with Crippen LogP contribution in [0.1, 0.15) is 19.4 Å². The molecule has 1 aliphatic heterocycles. The van der Waals surface area contributed by atoms with Crippen molar-refractivity contribution in [1.82, 2.24) is 4.90 Å². The molecule has 0 amide bonds. The molecular formula is C15H24FNO2. The molecule has 0 N–H and O–H groups in total. The van der Waals surface area contributed by atoms with Crippen molar-refractivity contribution >= 4 is 0 Å². The van der Waals surface area contributed by atoms with Gasteiger partial charge in [0.1, 0.15) is 18.2 Å². The lowest BCUT2D eigenvalue weighted by atomic mass is 10.2. The molecule has 1 aliphatic rings. The van der Waals surface area contributed by atoms with E-state index < -0.39 is 0 Å². The van der Waals surface area contributed by atoms with Crippen LogP contribution in [0.15, 0.2) is 18.2 Å². The third kappa shape index (κ3) is 5.57. The molecule has 0 radical (unpaired) electrons. The van der Waals surface area contributed by atoms with E-state index in [1.54, 1.807) is 6.07 Å². The zero-order chi connectivity index (χ0) is 14.1. The van der Waals surface area contributed by atoms with Crippen molar-refractivity contribution in [3.63, 3.8) is 0 Å². The van der Waals surface area contributed by atoms with E-state index in [-0.39, 0.29) is 5.82 Å². The molecule has 0 saturated carbocycles. The first-order chi connectivity index (χ1) is 9.25. The van der Waals surface area contributed by atoms with Crippen LogP contribution in [0.5, 0.6) is 5.75 Å². The van der Waals surface area contributed by atoms with Crippen LogP contribution in [-0.2, 0) is 4.74 Å². The molecule has 0 spiro atoms. The normalized spacial score (nSPS) is 15.6. The monoisotopic (exact) mass is 269 g/mol. The molecule has 0 aromatic heterocycles. The molecule has 3 nitrogen and oxygen atoms in total. The van der Waals surface area contributed by atoms with E-state index in [4.69, 9.17) is 9.47 Å². The molecule has 1 aromatic rings.